The molecule has 2 heterocycles. The van der Waals surface area contributed by atoms with Crippen LogP contribution < -0.4 is 0 Å². The van der Waals surface area contributed by atoms with Crippen molar-refractivity contribution in [1.29, 1.82) is 0 Å². The van der Waals surface area contributed by atoms with Crippen LogP contribution in [0.4, 0.5) is 0 Å². The number of aliphatic carboxylic acids is 2. The first-order chi connectivity index (χ1) is 10.5. The van der Waals surface area contributed by atoms with Crippen LogP contribution >= 0.6 is 0 Å². The largest absolute Gasteiger partial charge is 0.481 e. The minimum atomic E-state index is -0.833. The van der Waals surface area contributed by atoms with E-state index in [2.05, 4.69) is 30.7 Å². The third kappa shape index (κ3) is 11.7. The molecule has 1 aromatic rings. The number of carboxylic acids is 2. The van der Waals surface area contributed by atoms with E-state index in [-0.39, 0.29) is 31.9 Å². The van der Waals surface area contributed by atoms with Gasteiger partial charge in [-0.2, -0.15) is 0 Å². The Hall–Kier alpha value is -1.78. The molecule has 1 aliphatic heterocycles. The Morgan fingerprint density at radius 2 is 1.67 bits per heavy atom. The Kier molecular flexibility index (Phi) is 11.9. The van der Waals surface area contributed by atoms with Crippen molar-refractivity contribution in [1.82, 2.24) is 4.98 Å². The molecule has 0 aliphatic carbocycles. The molecular formula is C16H24N2O5Pd. The third-order valence-corrected chi connectivity index (χ3v) is 2.53. The first kappa shape index (κ1) is 24.5. The first-order valence-corrected chi connectivity index (χ1v) is 7.05. The van der Waals surface area contributed by atoms with Gasteiger partial charge in [-0.15, -0.1) is 0 Å². The van der Waals surface area contributed by atoms with Gasteiger partial charge >= 0.3 is 0 Å². The predicted molar refractivity (Wildman–Crippen MR) is 86.6 cm³/mol. The van der Waals surface area contributed by atoms with Crippen molar-refractivity contribution in [3.05, 3.63) is 30.1 Å². The number of carbonyl (C=O) groups is 2. The van der Waals surface area contributed by atoms with Gasteiger partial charge in [0, 0.05) is 40.5 Å². The third-order valence-electron chi connectivity index (χ3n) is 2.53. The summed E-state index contributed by atoms with van der Waals surface area (Å²) in [5.41, 5.74) is 0.973. The maximum absolute atomic E-state index is 9.00. The second-order valence-corrected chi connectivity index (χ2v) is 5.88. The Balaban J connectivity index is 0. The molecule has 0 saturated heterocycles. The Bertz CT molecular complexity index is 521. The summed E-state index contributed by atoms with van der Waals surface area (Å²) in [5.74, 6) is -0.990. The maximum atomic E-state index is 9.00. The summed E-state index contributed by atoms with van der Waals surface area (Å²) >= 11 is 0. The summed E-state index contributed by atoms with van der Waals surface area (Å²) in [6.07, 6.45) is 1.76. The van der Waals surface area contributed by atoms with Crippen molar-refractivity contribution in [2.75, 3.05) is 6.61 Å². The van der Waals surface area contributed by atoms with Gasteiger partial charge < -0.3 is 14.9 Å². The zero-order chi connectivity index (χ0) is 18.0. The summed E-state index contributed by atoms with van der Waals surface area (Å²) in [6.45, 7) is 9.35. The van der Waals surface area contributed by atoms with Crippen molar-refractivity contribution in [3.8, 4) is 0 Å². The van der Waals surface area contributed by atoms with Crippen LogP contribution in [0.3, 0.4) is 0 Å². The van der Waals surface area contributed by atoms with Gasteiger partial charge in [0.1, 0.15) is 12.3 Å². The predicted octanol–water partition coefficient (Wildman–Crippen LogP) is 2.45. The fourth-order valence-electron chi connectivity index (χ4n) is 1.45. The van der Waals surface area contributed by atoms with E-state index in [0.29, 0.717) is 12.5 Å². The number of pyridine rings is 1. The van der Waals surface area contributed by atoms with Crippen molar-refractivity contribution < 1.29 is 45.0 Å². The first-order valence-electron chi connectivity index (χ1n) is 7.05. The van der Waals surface area contributed by atoms with Crippen molar-refractivity contribution in [2.24, 2.45) is 10.4 Å². The number of carboxylic acid groups (broad SMARTS) is 2. The summed E-state index contributed by atoms with van der Waals surface area (Å²) in [6, 6.07) is 5.98. The van der Waals surface area contributed by atoms with Crippen LogP contribution in [0, 0.1) is 5.41 Å². The molecule has 24 heavy (non-hydrogen) atoms. The molecule has 1 aromatic heterocycles. The minimum Gasteiger partial charge on any atom is -0.481 e. The Labute approximate surface area is 155 Å². The smallest absolute Gasteiger partial charge is 0.300 e. The quantitative estimate of drug-likeness (QED) is 0.662. The van der Waals surface area contributed by atoms with Crippen LogP contribution in [-0.4, -0.2) is 45.7 Å². The van der Waals surface area contributed by atoms with Crippen molar-refractivity contribution in [2.45, 2.75) is 40.7 Å². The van der Waals surface area contributed by atoms with Crippen LogP contribution in [0.2, 0.25) is 0 Å². The molecule has 0 amide bonds. The van der Waals surface area contributed by atoms with Gasteiger partial charge in [0.25, 0.3) is 11.9 Å². The van der Waals surface area contributed by atoms with Crippen LogP contribution in [0.25, 0.3) is 0 Å². The molecular weight excluding hydrogens is 407 g/mol. The van der Waals surface area contributed by atoms with E-state index in [1.165, 1.54) is 0 Å². The van der Waals surface area contributed by atoms with Crippen LogP contribution in [0.5, 0.6) is 0 Å². The fourth-order valence-corrected chi connectivity index (χ4v) is 1.45. The molecule has 2 N–H and O–H groups in total. The van der Waals surface area contributed by atoms with Gasteiger partial charge in [-0.05, 0) is 17.5 Å². The number of ether oxygens (including phenoxy) is 1. The summed E-state index contributed by atoms with van der Waals surface area (Å²) in [7, 11) is 0. The van der Waals surface area contributed by atoms with Gasteiger partial charge in [0.05, 0.1) is 6.04 Å². The number of nitrogens with zero attached hydrogens (tertiary/aromatic N) is 2. The summed E-state index contributed by atoms with van der Waals surface area (Å²) < 4.78 is 5.57. The van der Waals surface area contributed by atoms with Crippen molar-refractivity contribution >= 4 is 17.8 Å². The SMILES string of the molecule is CC(=O)O.CC(=O)O.CC(C)(C)[C@H]1COC(c2ccccn2)=N1.[Pd]. The van der Waals surface area contributed by atoms with Gasteiger partial charge in [0.15, 0.2) is 0 Å². The average Bonchev–Trinajstić information content (AvgIpc) is 2.88. The Morgan fingerprint density at radius 3 is 2.00 bits per heavy atom. The molecule has 7 nitrogen and oxygen atoms in total. The van der Waals surface area contributed by atoms with Gasteiger partial charge in [-0.25, -0.2) is 4.99 Å². The standard InChI is InChI=1S/C12H16N2O.2C2H4O2.Pd/c1-12(2,3)10-8-15-11(14-10)9-6-4-5-7-13-9;2*1-2(3)4;/h4-7,10H,8H2,1-3H3;2*1H3,(H,3,4);/t10-;;;/m1.../s1. The zero-order valence-electron chi connectivity index (χ0n) is 14.4. The van der Waals surface area contributed by atoms with E-state index in [1.54, 1.807) is 6.20 Å². The van der Waals surface area contributed by atoms with E-state index in [4.69, 9.17) is 24.5 Å². The number of rotatable bonds is 1. The van der Waals surface area contributed by atoms with E-state index in [9.17, 15) is 0 Å². The number of hydrogen-bond acceptors (Lipinski definition) is 5. The second kappa shape index (κ2) is 11.7. The van der Waals surface area contributed by atoms with Gasteiger partial charge in [-0.1, -0.05) is 26.8 Å². The van der Waals surface area contributed by atoms with E-state index in [0.717, 1.165) is 19.5 Å². The minimum absolute atomic E-state index is 0. The van der Waals surface area contributed by atoms with Gasteiger partial charge in [0.2, 0.25) is 5.90 Å². The van der Waals surface area contributed by atoms with Crippen LogP contribution in [-0.2, 0) is 34.7 Å². The molecule has 2 rings (SSSR count). The van der Waals surface area contributed by atoms with Crippen LogP contribution in [0.1, 0.15) is 40.3 Å². The maximum Gasteiger partial charge on any atom is 0.300 e. The molecule has 0 fully saturated rings. The van der Waals surface area contributed by atoms with E-state index < -0.39 is 11.9 Å². The summed E-state index contributed by atoms with van der Waals surface area (Å²) in [5, 5.41) is 14.8. The van der Waals surface area contributed by atoms with E-state index in [1.807, 2.05) is 18.2 Å². The molecule has 0 spiro atoms. The molecule has 138 valence electrons. The fraction of sp³-hybridized carbons (Fsp3) is 0.500. The molecule has 0 aromatic carbocycles. The molecule has 0 saturated carbocycles. The second-order valence-electron chi connectivity index (χ2n) is 5.88. The zero-order valence-corrected chi connectivity index (χ0v) is 16.0. The number of aromatic nitrogens is 1. The summed E-state index contributed by atoms with van der Waals surface area (Å²) in [4.78, 5) is 26.8. The monoisotopic (exact) mass is 430 g/mol. The van der Waals surface area contributed by atoms with Gasteiger partial charge in [-0.3, -0.25) is 14.6 Å². The molecule has 8 heteroatoms. The van der Waals surface area contributed by atoms with Crippen LogP contribution in [0.15, 0.2) is 29.4 Å². The Morgan fingerprint density at radius 1 is 1.17 bits per heavy atom. The molecule has 1 aliphatic rings. The molecule has 1 atom stereocenters. The molecule has 0 bridgehead atoms. The van der Waals surface area contributed by atoms with Crippen molar-refractivity contribution in [3.63, 3.8) is 0 Å². The average molecular weight is 431 g/mol. The topological polar surface area (TPSA) is 109 Å². The molecule has 0 radical (unpaired) electrons. The molecule has 0 unspecified atom stereocenters. The van der Waals surface area contributed by atoms with E-state index >= 15 is 0 Å². The normalized spacial score (nSPS) is 15.2. The number of hydrogen-bond donors (Lipinski definition) is 2. The number of aliphatic imine (C=N–C) groups is 1.